The van der Waals surface area contributed by atoms with Crippen molar-refractivity contribution in [3.63, 3.8) is 0 Å². The fourth-order valence-corrected chi connectivity index (χ4v) is 3.43. The van der Waals surface area contributed by atoms with Gasteiger partial charge in [-0.2, -0.15) is 0 Å². The van der Waals surface area contributed by atoms with E-state index in [4.69, 9.17) is 16.3 Å². The Morgan fingerprint density at radius 3 is 2.64 bits per heavy atom. The van der Waals surface area contributed by atoms with Crippen molar-refractivity contribution < 1.29 is 9.53 Å². The predicted octanol–water partition coefficient (Wildman–Crippen LogP) is 4.69. The van der Waals surface area contributed by atoms with Crippen molar-refractivity contribution in [2.45, 2.75) is 32.5 Å². The van der Waals surface area contributed by atoms with Crippen molar-refractivity contribution in [3.8, 4) is 5.75 Å². The number of ether oxygens (including phenoxy) is 1. The monoisotopic (exact) mass is 416 g/mol. The minimum Gasteiger partial charge on any atom is -0.485 e. The number of carbonyl (C=O) groups excluding carboxylic acids is 1. The summed E-state index contributed by atoms with van der Waals surface area (Å²) in [6.07, 6.45) is 0. The van der Waals surface area contributed by atoms with Gasteiger partial charge >= 0.3 is 0 Å². The van der Waals surface area contributed by atoms with Crippen LogP contribution in [0.3, 0.4) is 0 Å². The van der Waals surface area contributed by atoms with E-state index in [1.54, 1.807) is 12.1 Å². The number of halogens is 1. The maximum Gasteiger partial charge on any atom is 0.234 e. The van der Waals surface area contributed by atoms with E-state index in [0.717, 1.165) is 22.4 Å². The summed E-state index contributed by atoms with van der Waals surface area (Å²) in [5.74, 6) is 1.51. The molecule has 0 unspecified atom stereocenters. The average molecular weight is 417 g/mol. The van der Waals surface area contributed by atoms with Gasteiger partial charge in [-0.3, -0.25) is 9.89 Å². The van der Waals surface area contributed by atoms with E-state index in [2.05, 4.69) is 20.5 Å². The van der Waals surface area contributed by atoms with Crippen LogP contribution in [0.15, 0.2) is 41.6 Å². The van der Waals surface area contributed by atoms with E-state index in [9.17, 15) is 4.79 Å². The first-order valence-electron chi connectivity index (χ1n) is 8.72. The van der Waals surface area contributed by atoms with Crippen molar-refractivity contribution in [2.24, 2.45) is 0 Å². The zero-order valence-electron chi connectivity index (χ0n) is 15.9. The molecular formula is C20H21ClN4O2S. The minimum absolute atomic E-state index is 0.145. The van der Waals surface area contributed by atoms with Crippen LogP contribution in [-0.2, 0) is 11.4 Å². The van der Waals surface area contributed by atoms with E-state index < -0.39 is 0 Å². The van der Waals surface area contributed by atoms with Gasteiger partial charge in [-0.1, -0.05) is 47.6 Å². The van der Waals surface area contributed by atoms with E-state index in [-0.39, 0.29) is 18.3 Å². The molecule has 6 nitrogen and oxygen atoms in total. The lowest BCUT2D eigenvalue weighted by Crippen LogP contribution is -2.15. The first-order chi connectivity index (χ1) is 13.4. The summed E-state index contributed by atoms with van der Waals surface area (Å²) in [4.78, 5) is 16.5. The van der Waals surface area contributed by atoms with Crippen LogP contribution in [0, 0.1) is 20.8 Å². The SMILES string of the molecule is Cc1cccc(C)c1OCc1nc(SCC(=O)Nc2cccc(Cl)c2C)n[nH]1. The number of H-pyrrole nitrogens is 1. The van der Waals surface area contributed by atoms with Crippen LogP contribution in [0.1, 0.15) is 22.5 Å². The zero-order chi connectivity index (χ0) is 20.1. The second-order valence-electron chi connectivity index (χ2n) is 6.32. The highest BCUT2D eigenvalue weighted by Gasteiger charge is 2.11. The van der Waals surface area contributed by atoms with Crippen LogP contribution in [-0.4, -0.2) is 26.8 Å². The summed E-state index contributed by atoms with van der Waals surface area (Å²) in [7, 11) is 0. The van der Waals surface area contributed by atoms with E-state index >= 15 is 0 Å². The summed E-state index contributed by atoms with van der Waals surface area (Å²) in [6.45, 7) is 6.16. The standard InChI is InChI=1S/C20H21ClN4O2S/c1-12-6-4-7-13(2)19(12)27-10-17-23-20(25-24-17)28-11-18(26)22-16-9-5-8-15(21)14(16)3/h4-9H,10-11H2,1-3H3,(H,22,26)(H,23,24,25). The van der Waals surface area contributed by atoms with E-state index in [1.807, 2.05) is 45.0 Å². The smallest absolute Gasteiger partial charge is 0.234 e. The normalized spacial score (nSPS) is 10.7. The van der Waals surface area contributed by atoms with Gasteiger partial charge in [0.15, 0.2) is 5.82 Å². The van der Waals surface area contributed by atoms with E-state index in [0.29, 0.717) is 21.7 Å². The van der Waals surface area contributed by atoms with Gasteiger partial charge in [0.25, 0.3) is 0 Å². The molecule has 0 aliphatic rings. The quantitative estimate of drug-likeness (QED) is 0.546. The van der Waals surface area contributed by atoms with Gasteiger partial charge in [0.2, 0.25) is 11.1 Å². The van der Waals surface area contributed by atoms with Gasteiger partial charge in [0.1, 0.15) is 12.4 Å². The number of aromatic amines is 1. The van der Waals surface area contributed by atoms with E-state index in [1.165, 1.54) is 11.8 Å². The van der Waals surface area contributed by atoms with Crippen molar-refractivity contribution in [2.75, 3.05) is 11.1 Å². The number of carbonyl (C=O) groups is 1. The maximum atomic E-state index is 12.2. The lowest BCUT2D eigenvalue weighted by atomic mass is 10.1. The van der Waals surface area contributed by atoms with Crippen molar-refractivity contribution in [3.05, 3.63) is 63.9 Å². The minimum atomic E-state index is -0.145. The van der Waals surface area contributed by atoms with Crippen LogP contribution in [0.5, 0.6) is 5.75 Å². The number of anilines is 1. The third kappa shape index (κ3) is 5.05. The fourth-order valence-electron chi connectivity index (χ4n) is 2.63. The molecule has 3 aromatic rings. The number of thioether (sulfide) groups is 1. The number of amides is 1. The van der Waals surface area contributed by atoms with Gasteiger partial charge in [0.05, 0.1) is 5.75 Å². The third-order valence-electron chi connectivity index (χ3n) is 4.15. The number of benzene rings is 2. The molecule has 0 bridgehead atoms. The summed E-state index contributed by atoms with van der Waals surface area (Å²) in [5, 5.41) is 10.9. The number of nitrogens with one attached hydrogen (secondary N) is 2. The molecule has 1 amide bonds. The molecule has 146 valence electrons. The van der Waals surface area contributed by atoms with Gasteiger partial charge < -0.3 is 10.1 Å². The largest absolute Gasteiger partial charge is 0.485 e. The molecule has 0 aliphatic heterocycles. The lowest BCUT2D eigenvalue weighted by Gasteiger charge is -2.10. The van der Waals surface area contributed by atoms with Crippen molar-refractivity contribution >= 4 is 35.0 Å². The highest BCUT2D eigenvalue weighted by atomic mass is 35.5. The first kappa shape index (κ1) is 20.2. The Balaban J connectivity index is 1.52. The molecule has 1 aromatic heterocycles. The summed E-state index contributed by atoms with van der Waals surface area (Å²) >= 11 is 7.33. The Morgan fingerprint density at radius 2 is 1.89 bits per heavy atom. The Kier molecular flexibility index (Phi) is 6.59. The molecular weight excluding hydrogens is 396 g/mol. The topological polar surface area (TPSA) is 79.9 Å². The molecule has 0 fully saturated rings. The maximum absolute atomic E-state index is 12.2. The van der Waals surface area contributed by atoms with Crippen molar-refractivity contribution in [1.29, 1.82) is 0 Å². The van der Waals surface area contributed by atoms with Gasteiger partial charge in [-0.05, 0) is 49.6 Å². The third-order valence-corrected chi connectivity index (χ3v) is 5.40. The molecule has 0 saturated heterocycles. The number of hydrogen-bond acceptors (Lipinski definition) is 5. The second kappa shape index (κ2) is 9.12. The van der Waals surface area contributed by atoms with Crippen molar-refractivity contribution in [1.82, 2.24) is 15.2 Å². The van der Waals surface area contributed by atoms with Crippen LogP contribution in [0.2, 0.25) is 5.02 Å². The molecule has 28 heavy (non-hydrogen) atoms. The number of nitrogens with zero attached hydrogens (tertiary/aromatic N) is 2. The number of aromatic nitrogens is 3. The highest BCUT2D eigenvalue weighted by Crippen LogP contribution is 2.24. The number of aryl methyl sites for hydroxylation is 2. The Bertz CT molecular complexity index is 970. The Morgan fingerprint density at radius 1 is 1.18 bits per heavy atom. The number of para-hydroxylation sites is 1. The Labute approximate surface area is 173 Å². The van der Waals surface area contributed by atoms with Crippen LogP contribution < -0.4 is 10.1 Å². The molecule has 1 heterocycles. The summed E-state index contributed by atoms with van der Waals surface area (Å²) < 4.78 is 5.86. The molecule has 2 N–H and O–H groups in total. The fraction of sp³-hybridized carbons (Fsp3) is 0.250. The lowest BCUT2D eigenvalue weighted by molar-refractivity contribution is -0.113. The molecule has 0 saturated carbocycles. The zero-order valence-corrected chi connectivity index (χ0v) is 17.4. The Hall–Kier alpha value is -2.51. The van der Waals surface area contributed by atoms with Gasteiger partial charge in [0, 0.05) is 10.7 Å². The van der Waals surface area contributed by atoms with Gasteiger partial charge in [-0.15, -0.1) is 5.10 Å². The average Bonchev–Trinajstić information content (AvgIpc) is 3.11. The first-order valence-corrected chi connectivity index (χ1v) is 10.1. The summed E-state index contributed by atoms with van der Waals surface area (Å²) in [5.41, 5.74) is 3.69. The molecule has 0 radical (unpaired) electrons. The molecule has 8 heteroatoms. The van der Waals surface area contributed by atoms with Crippen LogP contribution in [0.25, 0.3) is 0 Å². The highest BCUT2D eigenvalue weighted by molar-refractivity contribution is 7.99. The van der Waals surface area contributed by atoms with Crippen LogP contribution in [0.4, 0.5) is 5.69 Å². The van der Waals surface area contributed by atoms with Crippen LogP contribution >= 0.6 is 23.4 Å². The molecule has 0 atom stereocenters. The molecule has 0 spiro atoms. The number of rotatable bonds is 7. The predicted molar refractivity (Wildman–Crippen MR) is 112 cm³/mol. The number of hydrogen-bond donors (Lipinski definition) is 2. The molecule has 2 aromatic carbocycles. The van der Waals surface area contributed by atoms with Gasteiger partial charge in [-0.25, -0.2) is 4.98 Å². The second-order valence-corrected chi connectivity index (χ2v) is 7.67. The summed E-state index contributed by atoms with van der Waals surface area (Å²) in [6, 6.07) is 11.4. The molecule has 3 rings (SSSR count). The molecule has 0 aliphatic carbocycles.